The van der Waals surface area contributed by atoms with Gasteiger partial charge in [-0.1, -0.05) is 19.3 Å². The fourth-order valence-electron chi connectivity index (χ4n) is 4.75. The molecule has 2 saturated heterocycles. The number of pyridine rings is 1. The van der Waals surface area contributed by atoms with Gasteiger partial charge in [0.1, 0.15) is 5.69 Å². The molecule has 2 aliphatic heterocycles. The molecule has 0 spiro atoms. The van der Waals surface area contributed by atoms with Crippen LogP contribution >= 0.6 is 0 Å². The predicted octanol–water partition coefficient (Wildman–Crippen LogP) is 1.68. The number of hydrogen-bond donors (Lipinski definition) is 1. The van der Waals surface area contributed by atoms with Crippen LogP contribution in [-0.2, 0) is 9.47 Å². The van der Waals surface area contributed by atoms with Gasteiger partial charge in [-0.25, -0.2) is 0 Å². The van der Waals surface area contributed by atoms with E-state index in [1.165, 1.54) is 19.3 Å². The van der Waals surface area contributed by atoms with Crippen LogP contribution in [-0.4, -0.2) is 80.5 Å². The van der Waals surface area contributed by atoms with Crippen LogP contribution in [0.1, 0.15) is 42.6 Å². The fourth-order valence-corrected chi connectivity index (χ4v) is 4.75. The molecule has 0 aromatic carbocycles. The van der Waals surface area contributed by atoms with Crippen LogP contribution in [0.5, 0.6) is 0 Å². The molecule has 0 bridgehead atoms. The van der Waals surface area contributed by atoms with Gasteiger partial charge in [0.15, 0.2) is 0 Å². The molecule has 1 N–H and O–H groups in total. The molecule has 7 nitrogen and oxygen atoms in total. The van der Waals surface area contributed by atoms with Crippen LogP contribution in [0.4, 0.5) is 5.69 Å². The molecule has 3 fully saturated rings. The van der Waals surface area contributed by atoms with Gasteiger partial charge in [0.25, 0.3) is 5.91 Å². The third-order valence-corrected chi connectivity index (χ3v) is 6.40. The zero-order valence-electron chi connectivity index (χ0n) is 16.7. The Morgan fingerprint density at radius 3 is 2.43 bits per heavy atom. The number of hydrogen-bond acceptors (Lipinski definition) is 6. The van der Waals surface area contributed by atoms with Gasteiger partial charge >= 0.3 is 0 Å². The van der Waals surface area contributed by atoms with E-state index in [1.54, 1.807) is 6.20 Å². The minimum absolute atomic E-state index is 0.0690. The average Bonchev–Trinajstić information content (AvgIpc) is 2.79. The highest BCUT2D eigenvalue weighted by Crippen LogP contribution is 2.34. The molecule has 154 valence electrons. The van der Waals surface area contributed by atoms with E-state index in [0.29, 0.717) is 12.2 Å². The molecule has 1 aromatic heterocycles. The number of aromatic nitrogens is 1. The molecule has 0 atom stereocenters. The number of rotatable bonds is 5. The maximum absolute atomic E-state index is 12.9. The fraction of sp³-hybridized carbons (Fsp3) is 0.714. The van der Waals surface area contributed by atoms with Crippen molar-refractivity contribution in [3.63, 3.8) is 0 Å². The molecule has 3 aliphatic rings. The zero-order chi connectivity index (χ0) is 19.2. The molecule has 1 aliphatic carbocycles. The first-order valence-corrected chi connectivity index (χ1v) is 10.7. The average molecular weight is 389 g/mol. The maximum Gasteiger partial charge on any atom is 0.270 e. The van der Waals surface area contributed by atoms with Gasteiger partial charge in [-0.3, -0.25) is 14.7 Å². The van der Waals surface area contributed by atoms with Crippen molar-refractivity contribution >= 4 is 11.6 Å². The molecule has 28 heavy (non-hydrogen) atoms. The summed E-state index contributed by atoms with van der Waals surface area (Å²) >= 11 is 0. The van der Waals surface area contributed by atoms with Crippen molar-refractivity contribution in [2.24, 2.45) is 0 Å². The number of morpholine rings is 2. The summed E-state index contributed by atoms with van der Waals surface area (Å²) in [4.78, 5) is 22.0. The normalized spacial score (nSPS) is 23.4. The molecular formula is C21H32N4O3. The molecular weight excluding hydrogens is 356 g/mol. The number of amides is 1. The number of nitrogens with one attached hydrogen (secondary N) is 1. The van der Waals surface area contributed by atoms with Gasteiger partial charge in [-0.05, 0) is 25.0 Å². The summed E-state index contributed by atoms with van der Waals surface area (Å²) in [7, 11) is 0. The van der Waals surface area contributed by atoms with Crippen molar-refractivity contribution in [2.75, 3.05) is 64.1 Å². The Morgan fingerprint density at radius 1 is 1.04 bits per heavy atom. The largest absolute Gasteiger partial charge is 0.379 e. The lowest BCUT2D eigenvalue weighted by molar-refractivity contribution is -0.0361. The Bertz CT molecular complexity index is 651. The van der Waals surface area contributed by atoms with Gasteiger partial charge in [0, 0.05) is 50.1 Å². The summed E-state index contributed by atoms with van der Waals surface area (Å²) in [6.07, 6.45) is 7.79. The highest BCUT2D eigenvalue weighted by molar-refractivity contribution is 5.93. The summed E-state index contributed by atoms with van der Waals surface area (Å²) in [5.41, 5.74) is 1.61. The summed E-state index contributed by atoms with van der Waals surface area (Å²) in [5, 5.41) is 3.21. The summed E-state index contributed by atoms with van der Waals surface area (Å²) in [5.74, 6) is -0.0756. The Labute approximate surface area is 167 Å². The Morgan fingerprint density at radius 2 is 1.71 bits per heavy atom. The van der Waals surface area contributed by atoms with Gasteiger partial charge in [0.05, 0.1) is 26.4 Å². The van der Waals surface area contributed by atoms with Crippen LogP contribution in [0.25, 0.3) is 0 Å². The van der Waals surface area contributed by atoms with Gasteiger partial charge in [0.2, 0.25) is 0 Å². The zero-order valence-corrected chi connectivity index (χ0v) is 16.7. The first-order chi connectivity index (χ1) is 13.8. The van der Waals surface area contributed by atoms with E-state index < -0.39 is 0 Å². The minimum atomic E-state index is -0.0756. The molecule has 4 rings (SSSR count). The molecule has 3 heterocycles. The van der Waals surface area contributed by atoms with Crippen molar-refractivity contribution < 1.29 is 14.3 Å². The summed E-state index contributed by atoms with van der Waals surface area (Å²) < 4.78 is 11.0. The van der Waals surface area contributed by atoms with E-state index >= 15 is 0 Å². The molecule has 1 saturated carbocycles. The van der Waals surface area contributed by atoms with Crippen LogP contribution in [0.15, 0.2) is 18.3 Å². The molecule has 0 radical (unpaired) electrons. The third kappa shape index (κ3) is 4.47. The summed E-state index contributed by atoms with van der Waals surface area (Å²) in [6.45, 7) is 7.35. The highest BCUT2D eigenvalue weighted by atomic mass is 16.5. The number of carbonyl (C=O) groups excluding carboxylic acids is 1. The Balaban J connectivity index is 1.42. The summed E-state index contributed by atoms with van der Waals surface area (Å²) in [6, 6.07) is 3.88. The monoisotopic (exact) mass is 388 g/mol. The first-order valence-electron chi connectivity index (χ1n) is 10.7. The number of anilines is 1. The standard InChI is InChI=1S/C21H32N4O3/c26-20(19-16-18(4-7-22-19)24-8-12-27-13-9-24)23-17-21(5-2-1-3-6-21)25-10-14-28-15-11-25/h4,7,16H,1-3,5-6,8-15,17H2,(H,23,26). The van der Waals surface area contributed by atoms with Crippen LogP contribution in [0.2, 0.25) is 0 Å². The smallest absolute Gasteiger partial charge is 0.270 e. The lowest BCUT2D eigenvalue weighted by Gasteiger charge is -2.48. The second kappa shape index (κ2) is 9.20. The van der Waals surface area contributed by atoms with E-state index in [-0.39, 0.29) is 11.4 Å². The number of nitrogens with zero attached hydrogens (tertiary/aromatic N) is 3. The molecule has 1 aromatic rings. The quantitative estimate of drug-likeness (QED) is 0.828. The van der Waals surface area contributed by atoms with Crippen molar-refractivity contribution in [2.45, 2.75) is 37.6 Å². The molecule has 0 unspecified atom stereocenters. The second-order valence-corrected chi connectivity index (χ2v) is 8.07. The Kier molecular flexibility index (Phi) is 6.44. The van der Waals surface area contributed by atoms with E-state index in [9.17, 15) is 4.79 Å². The first kappa shape index (κ1) is 19.6. The van der Waals surface area contributed by atoms with Crippen LogP contribution in [0, 0.1) is 0 Å². The van der Waals surface area contributed by atoms with E-state index in [4.69, 9.17) is 9.47 Å². The topological polar surface area (TPSA) is 66.9 Å². The predicted molar refractivity (Wildman–Crippen MR) is 108 cm³/mol. The van der Waals surface area contributed by atoms with E-state index in [1.807, 2.05) is 12.1 Å². The van der Waals surface area contributed by atoms with Crippen molar-refractivity contribution in [1.82, 2.24) is 15.2 Å². The SMILES string of the molecule is O=C(NCC1(N2CCOCC2)CCCCC1)c1cc(N2CCOCC2)ccn1. The molecule has 7 heteroatoms. The minimum Gasteiger partial charge on any atom is -0.379 e. The van der Waals surface area contributed by atoms with Gasteiger partial charge in [-0.15, -0.1) is 0 Å². The van der Waals surface area contributed by atoms with Crippen molar-refractivity contribution in [3.05, 3.63) is 24.0 Å². The van der Waals surface area contributed by atoms with Crippen LogP contribution in [0.3, 0.4) is 0 Å². The van der Waals surface area contributed by atoms with Gasteiger partial charge in [-0.2, -0.15) is 0 Å². The Hall–Kier alpha value is -1.70. The van der Waals surface area contributed by atoms with Crippen LogP contribution < -0.4 is 10.2 Å². The lowest BCUT2D eigenvalue weighted by atomic mass is 9.79. The number of ether oxygens (including phenoxy) is 2. The number of carbonyl (C=O) groups is 1. The third-order valence-electron chi connectivity index (χ3n) is 6.40. The maximum atomic E-state index is 12.9. The lowest BCUT2D eigenvalue weighted by Crippen LogP contribution is -2.59. The van der Waals surface area contributed by atoms with Crippen molar-refractivity contribution in [3.8, 4) is 0 Å². The van der Waals surface area contributed by atoms with E-state index in [2.05, 4.69) is 20.1 Å². The van der Waals surface area contributed by atoms with Gasteiger partial charge < -0.3 is 19.7 Å². The molecule has 1 amide bonds. The van der Waals surface area contributed by atoms with Crippen molar-refractivity contribution in [1.29, 1.82) is 0 Å². The second-order valence-electron chi connectivity index (χ2n) is 8.07. The van der Waals surface area contributed by atoms with E-state index in [0.717, 1.165) is 71.1 Å². The highest BCUT2D eigenvalue weighted by Gasteiger charge is 2.38.